The fourth-order valence-electron chi connectivity index (χ4n) is 3.46. The summed E-state index contributed by atoms with van der Waals surface area (Å²) in [4.78, 5) is 28.0. The van der Waals surface area contributed by atoms with Crippen LogP contribution >= 0.6 is 0 Å². The van der Waals surface area contributed by atoms with E-state index in [1.165, 1.54) is 31.9 Å². The molecule has 3 rings (SSSR count). The van der Waals surface area contributed by atoms with E-state index in [0.717, 1.165) is 18.7 Å². The van der Waals surface area contributed by atoms with Gasteiger partial charge in [-0.1, -0.05) is 18.2 Å². The molecule has 1 aliphatic heterocycles. The van der Waals surface area contributed by atoms with Gasteiger partial charge in [0.25, 0.3) is 5.91 Å². The second kappa shape index (κ2) is 8.71. The maximum absolute atomic E-state index is 12.7. The summed E-state index contributed by atoms with van der Waals surface area (Å²) in [7, 11) is 1.80. The molecule has 0 atom stereocenters. The van der Waals surface area contributed by atoms with Crippen LogP contribution in [0, 0.1) is 0 Å². The van der Waals surface area contributed by atoms with E-state index in [1.807, 2.05) is 0 Å². The van der Waals surface area contributed by atoms with Crippen molar-refractivity contribution in [2.75, 3.05) is 30.4 Å². The lowest BCUT2D eigenvalue weighted by Gasteiger charge is -2.29. The Hall–Kier alpha value is -2.82. The largest absolute Gasteiger partial charge is 0.372 e. The Morgan fingerprint density at radius 1 is 1.04 bits per heavy atom. The molecule has 5 heteroatoms. The van der Waals surface area contributed by atoms with Gasteiger partial charge in [0.15, 0.2) is 0 Å². The molecule has 1 heterocycles. The number of hydrogen-bond acceptors (Lipinski definition) is 3. The number of nitrogens with one attached hydrogen (secondary N) is 1. The Bertz CT molecular complexity index is 795. The fourth-order valence-corrected chi connectivity index (χ4v) is 3.46. The van der Waals surface area contributed by atoms with E-state index in [2.05, 4.69) is 34.5 Å². The van der Waals surface area contributed by atoms with Crippen LogP contribution in [0.5, 0.6) is 0 Å². The lowest BCUT2D eigenvalue weighted by Crippen LogP contribution is -2.29. The van der Waals surface area contributed by atoms with Crippen molar-refractivity contribution in [3.8, 4) is 0 Å². The molecule has 2 aromatic carbocycles. The number of carbonyl (C=O) groups is 2. The molecule has 0 bridgehead atoms. The molecule has 1 saturated heterocycles. The molecule has 0 spiro atoms. The maximum Gasteiger partial charge on any atom is 0.253 e. The summed E-state index contributed by atoms with van der Waals surface area (Å²) in [6, 6.07) is 15.5. The molecule has 1 aliphatic rings. The van der Waals surface area contributed by atoms with Crippen molar-refractivity contribution in [3.05, 3.63) is 59.7 Å². The van der Waals surface area contributed by atoms with Gasteiger partial charge in [0.1, 0.15) is 0 Å². The molecular weight excluding hydrogens is 338 g/mol. The van der Waals surface area contributed by atoms with Crippen molar-refractivity contribution in [3.63, 3.8) is 0 Å². The van der Waals surface area contributed by atoms with Crippen LogP contribution in [0.2, 0.25) is 0 Å². The fraction of sp³-hybridized carbons (Fsp3) is 0.364. The maximum atomic E-state index is 12.7. The van der Waals surface area contributed by atoms with Crippen molar-refractivity contribution in [2.45, 2.75) is 32.7 Å². The van der Waals surface area contributed by atoms with E-state index in [1.54, 1.807) is 36.2 Å². The molecule has 0 aromatic heterocycles. The van der Waals surface area contributed by atoms with E-state index >= 15 is 0 Å². The first kappa shape index (κ1) is 19.0. The van der Waals surface area contributed by atoms with Gasteiger partial charge in [-0.2, -0.15) is 0 Å². The Balaban J connectivity index is 1.63. The van der Waals surface area contributed by atoms with Crippen LogP contribution in [0.25, 0.3) is 0 Å². The van der Waals surface area contributed by atoms with E-state index < -0.39 is 0 Å². The number of hydrogen-bond donors (Lipinski definition) is 1. The Labute approximate surface area is 161 Å². The Morgan fingerprint density at radius 3 is 2.41 bits per heavy atom. The van der Waals surface area contributed by atoms with Crippen LogP contribution in [-0.4, -0.2) is 36.9 Å². The summed E-state index contributed by atoms with van der Waals surface area (Å²) in [5, 5.41) is 2.71. The molecule has 0 radical (unpaired) electrons. The molecule has 142 valence electrons. The average Bonchev–Trinajstić information content (AvgIpc) is 2.68. The third-order valence-corrected chi connectivity index (χ3v) is 4.85. The minimum atomic E-state index is -0.151. The SMILES string of the molecule is CC(=O)Nc1cccc(C(=O)N(C)Cc2ccc(N3CCCCC3)cc2)c1. The van der Waals surface area contributed by atoms with Gasteiger partial charge in [0, 0.05) is 50.5 Å². The Kier molecular flexibility index (Phi) is 6.12. The summed E-state index contributed by atoms with van der Waals surface area (Å²) in [6.45, 7) is 4.25. The molecule has 2 aromatic rings. The lowest BCUT2D eigenvalue weighted by molar-refractivity contribution is -0.114. The highest BCUT2D eigenvalue weighted by Gasteiger charge is 2.14. The van der Waals surface area contributed by atoms with E-state index in [-0.39, 0.29) is 11.8 Å². The zero-order valence-corrected chi connectivity index (χ0v) is 16.1. The molecule has 0 unspecified atom stereocenters. The number of benzene rings is 2. The molecular formula is C22H27N3O2. The van der Waals surface area contributed by atoms with Crippen molar-refractivity contribution in [1.82, 2.24) is 4.90 Å². The van der Waals surface area contributed by atoms with Crippen molar-refractivity contribution < 1.29 is 9.59 Å². The average molecular weight is 365 g/mol. The van der Waals surface area contributed by atoms with Crippen molar-refractivity contribution in [2.24, 2.45) is 0 Å². The van der Waals surface area contributed by atoms with Gasteiger partial charge in [-0.15, -0.1) is 0 Å². The number of piperidine rings is 1. The highest BCUT2D eigenvalue weighted by atomic mass is 16.2. The van der Waals surface area contributed by atoms with E-state index in [0.29, 0.717) is 17.8 Å². The van der Waals surface area contributed by atoms with Gasteiger partial charge in [-0.3, -0.25) is 9.59 Å². The zero-order valence-electron chi connectivity index (χ0n) is 16.1. The number of carbonyl (C=O) groups excluding carboxylic acids is 2. The zero-order chi connectivity index (χ0) is 19.2. The topological polar surface area (TPSA) is 52.7 Å². The van der Waals surface area contributed by atoms with Crippen LogP contribution in [0.1, 0.15) is 42.1 Å². The first-order valence-electron chi connectivity index (χ1n) is 9.50. The van der Waals surface area contributed by atoms with Gasteiger partial charge in [0.2, 0.25) is 5.91 Å². The minimum absolute atomic E-state index is 0.0673. The summed E-state index contributed by atoms with van der Waals surface area (Å²) >= 11 is 0. The summed E-state index contributed by atoms with van der Waals surface area (Å²) in [5.41, 5.74) is 3.56. The smallest absolute Gasteiger partial charge is 0.253 e. The number of amides is 2. The normalized spacial score (nSPS) is 13.9. The molecule has 27 heavy (non-hydrogen) atoms. The second-order valence-electron chi connectivity index (χ2n) is 7.14. The Morgan fingerprint density at radius 2 is 1.74 bits per heavy atom. The van der Waals surface area contributed by atoms with Crippen LogP contribution < -0.4 is 10.2 Å². The van der Waals surface area contributed by atoms with Gasteiger partial charge in [-0.05, 0) is 55.2 Å². The predicted molar refractivity (Wildman–Crippen MR) is 109 cm³/mol. The molecule has 0 aliphatic carbocycles. The third-order valence-electron chi connectivity index (χ3n) is 4.85. The number of nitrogens with zero attached hydrogens (tertiary/aromatic N) is 2. The molecule has 0 saturated carbocycles. The highest BCUT2D eigenvalue weighted by Crippen LogP contribution is 2.21. The highest BCUT2D eigenvalue weighted by molar-refractivity contribution is 5.96. The van der Waals surface area contributed by atoms with Crippen molar-refractivity contribution in [1.29, 1.82) is 0 Å². The molecule has 1 fully saturated rings. The number of rotatable bonds is 5. The minimum Gasteiger partial charge on any atom is -0.372 e. The third kappa shape index (κ3) is 5.09. The summed E-state index contributed by atoms with van der Waals surface area (Å²) in [6.07, 6.45) is 3.84. The quantitative estimate of drug-likeness (QED) is 0.874. The van der Waals surface area contributed by atoms with E-state index in [9.17, 15) is 9.59 Å². The summed E-state index contributed by atoms with van der Waals surface area (Å²) < 4.78 is 0. The van der Waals surface area contributed by atoms with Crippen LogP contribution in [0.3, 0.4) is 0 Å². The molecule has 5 nitrogen and oxygen atoms in total. The van der Waals surface area contributed by atoms with Gasteiger partial charge in [0.05, 0.1) is 0 Å². The molecule has 1 N–H and O–H groups in total. The lowest BCUT2D eigenvalue weighted by atomic mass is 10.1. The van der Waals surface area contributed by atoms with Gasteiger partial charge < -0.3 is 15.1 Å². The molecule has 2 amide bonds. The standard InChI is InChI=1S/C22H27N3O2/c1-17(26)23-20-8-6-7-19(15-20)22(27)24(2)16-18-9-11-21(12-10-18)25-13-4-3-5-14-25/h6-12,15H,3-5,13-14,16H2,1-2H3,(H,23,26). The first-order valence-corrected chi connectivity index (χ1v) is 9.50. The van der Waals surface area contributed by atoms with Crippen molar-refractivity contribution >= 4 is 23.2 Å². The van der Waals surface area contributed by atoms with Gasteiger partial charge >= 0.3 is 0 Å². The van der Waals surface area contributed by atoms with Crippen LogP contribution in [-0.2, 0) is 11.3 Å². The monoisotopic (exact) mass is 365 g/mol. The summed E-state index contributed by atoms with van der Waals surface area (Å²) in [5.74, 6) is -0.218. The van der Waals surface area contributed by atoms with E-state index in [4.69, 9.17) is 0 Å². The number of anilines is 2. The predicted octanol–water partition coefficient (Wildman–Crippen LogP) is 3.91. The second-order valence-corrected chi connectivity index (χ2v) is 7.14. The first-order chi connectivity index (χ1) is 13.0. The van der Waals surface area contributed by atoms with Crippen LogP contribution in [0.15, 0.2) is 48.5 Å². The van der Waals surface area contributed by atoms with Gasteiger partial charge in [-0.25, -0.2) is 0 Å². The van der Waals surface area contributed by atoms with Crippen LogP contribution in [0.4, 0.5) is 11.4 Å².